The van der Waals surface area contributed by atoms with Crippen molar-refractivity contribution in [1.29, 1.82) is 0 Å². The molecule has 0 spiro atoms. The molecule has 100 valence electrons. The Kier molecular flexibility index (Phi) is 4.62. The third-order valence-corrected chi connectivity index (χ3v) is 3.71. The van der Waals surface area contributed by atoms with Crippen LogP contribution in [0.1, 0.15) is 32.6 Å². The lowest BCUT2D eigenvalue weighted by Gasteiger charge is -2.32. The third kappa shape index (κ3) is 4.01. The highest BCUT2D eigenvalue weighted by Crippen LogP contribution is 2.18. The molecular formula is C14H23N3O. The summed E-state index contributed by atoms with van der Waals surface area (Å²) in [5, 5.41) is 6.46. The second kappa shape index (κ2) is 6.21. The summed E-state index contributed by atoms with van der Waals surface area (Å²) < 4.78 is 0. The van der Waals surface area contributed by atoms with Crippen LogP contribution in [0, 0.1) is 12.3 Å². The number of piperidine rings is 1. The maximum atomic E-state index is 11.8. The fourth-order valence-electron chi connectivity index (χ4n) is 2.37. The van der Waals surface area contributed by atoms with Crippen LogP contribution in [0.15, 0.2) is 0 Å². The SMILES string of the molecule is C#CCN1CCC(NC(C)C(=O)NC2CC2)CC1. The van der Waals surface area contributed by atoms with Gasteiger partial charge < -0.3 is 10.6 Å². The average Bonchev–Trinajstić information content (AvgIpc) is 3.16. The zero-order valence-corrected chi connectivity index (χ0v) is 11.1. The Morgan fingerprint density at radius 3 is 2.56 bits per heavy atom. The van der Waals surface area contributed by atoms with Crippen molar-refractivity contribution in [2.24, 2.45) is 0 Å². The maximum absolute atomic E-state index is 11.8. The van der Waals surface area contributed by atoms with E-state index in [0.717, 1.165) is 45.3 Å². The summed E-state index contributed by atoms with van der Waals surface area (Å²) in [4.78, 5) is 14.1. The van der Waals surface area contributed by atoms with E-state index in [2.05, 4.69) is 21.5 Å². The topological polar surface area (TPSA) is 44.4 Å². The monoisotopic (exact) mass is 249 g/mol. The number of carbonyl (C=O) groups excluding carboxylic acids is 1. The Morgan fingerprint density at radius 2 is 2.00 bits per heavy atom. The van der Waals surface area contributed by atoms with Gasteiger partial charge in [0.2, 0.25) is 5.91 Å². The number of hydrogen-bond donors (Lipinski definition) is 2. The van der Waals surface area contributed by atoms with Gasteiger partial charge in [0.05, 0.1) is 12.6 Å². The largest absolute Gasteiger partial charge is 0.352 e. The second-order valence-corrected chi connectivity index (χ2v) is 5.43. The van der Waals surface area contributed by atoms with Crippen LogP contribution in [0.25, 0.3) is 0 Å². The minimum Gasteiger partial charge on any atom is -0.352 e. The molecule has 18 heavy (non-hydrogen) atoms. The lowest BCUT2D eigenvalue weighted by atomic mass is 10.0. The van der Waals surface area contributed by atoms with Crippen molar-refractivity contribution in [2.75, 3.05) is 19.6 Å². The number of amides is 1. The summed E-state index contributed by atoms with van der Waals surface area (Å²) in [6.07, 6.45) is 9.73. The maximum Gasteiger partial charge on any atom is 0.237 e. The van der Waals surface area contributed by atoms with Gasteiger partial charge in [0, 0.05) is 25.2 Å². The van der Waals surface area contributed by atoms with Gasteiger partial charge in [-0.1, -0.05) is 5.92 Å². The van der Waals surface area contributed by atoms with Crippen LogP contribution >= 0.6 is 0 Å². The first-order chi connectivity index (χ1) is 8.69. The van der Waals surface area contributed by atoms with Gasteiger partial charge in [-0.05, 0) is 32.6 Å². The van der Waals surface area contributed by atoms with Gasteiger partial charge in [0.15, 0.2) is 0 Å². The van der Waals surface area contributed by atoms with E-state index in [9.17, 15) is 4.79 Å². The molecule has 4 nitrogen and oxygen atoms in total. The van der Waals surface area contributed by atoms with Crippen LogP contribution in [-0.4, -0.2) is 48.6 Å². The predicted molar refractivity (Wildman–Crippen MR) is 72.1 cm³/mol. The number of likely N-dealkylation sites (tertiary alicyclic amines) is 1. The molecule has 2 fully saturated rings. The minimum absolute atomic E-state index is 0.0882. The molecule has 2 rings (SSSR count). The summed E-state index contributed by atoms with van der Waals surface area (Å²) in [5.41, 5.74) is 0. The molecule has 1 saturated carbocycles. The summed E-state index contributed by atoms with van der Waals surface area (Å²) in [5.74, 6) is 2.82. The first-order valence-electron chi connectivity index (χ1n) is 6.91. The fraction of sp³-hybridized carbons (Fsp3) is 0.786. The van der Waals surface area contributed by atoms with Gasteiger partial charge in [-0.25, -0.2) is 0 Å². The van der Waals surface area contributed by atoms with Crippen LogP contribution in [-0.2, 0) is 4.79 Å². The predicted octanol–water partition coefficient (Wildman–Crippen LogP) is 0.341. The molecular weight excluding hydrogens is 226 g/mol. The standard InChI is InChI=1S/C14H23N3O/c1-3-8-17-9-6-13(7-10-17)15-11(2)14(18)16-12-4-5-12/h1,11-13,15H,4-10H2,2H3,(H,16,18). The number of carbonyl (C=O) groups is 1. The van der Waals surface area contributed by atoms with Gasteiger partial charge in [-0.15, -0.1) is 6.42 Å². The number of nitrogens with zero attached hydrogens (tertiary/aromatic N) is 1. The van der Waals surface area contributed by atoms with Crippen molar-refractivity contribution in [3.8, 4) is 12.3 Å². The molecule has 0 radical (unpaired) electrons. The first-order valence-corrected chi connectivity index (χ1v) is 6.91. The molecule has 1 amide bonds. The van der Waals surface area contributed by atoms with Crippen molar-refractivity contribution in [3.05, 3.63) is 0 Å². The number of terminal acetylenes is 1. The molecule has 0 aromatic heterocycles. The van der Waals surface area contributed by atoms with E-state index in [1.807, 2.05) is 6.92 Å². The van der Waals surface area contributed by atoms with E-state index >= 15 is 0 Å². The third-order valence-electron chi connectivity index (χ3n) is 3.71. The molecule has 1 aliphatic carbocycles. The quantitative estimate of drug-likeness (QED) is 0.691. The Hall–Kier alpha value is -1.05. The minimum atomic E-state index is -0.0882. The van der Waals surface area contributed by atoms with Crippen molar-refractivity contribution >= 4 is 5.91 Å². The van der Waals surface area contributed by atoms with Crippen molar-refractivity contribution in [2.45, 2.75) is 50.7 Å². The molecule has 1 heterocycles. The highest BCUT2D eigenvalue weighted by molar-refractivity contribution is 5.81. The van der Waals surface area contributed by atoms with Crippen LogP contribution in [0.4, 0.5) is 0 Å². The van der Waals surface area contributed by atoms with Crippen LogP contribution in [0.3, 0.4) is 0 Å². The van der Waals surface area contributed by atoms with E-state index in [1.54, 1.807) is 0 Å². The highest BCUT2D eigenvalue weighted by Gasteiger charge is 2.27. The van der Waals surface area contributed by atoms with E-state index in [4.69, 9.17) is 6.42 Å². The summed E-state index contributed by atoms with van der Waals surface area (Å²) in [6, 6.07) is 0.799. The normalized spacial score (nSPS) is 23.3. The first kappa shape index (κ1) is 13.4. The molecule has 0 bridgehead atoms. The van der Waals surface area contributed by atoms with Gasteiger partial charge in [-0.2, -0.15) is 0 Å². The molecule has 2 N–H and O–H groups in total. The number of rotatable bonds is 5. The molecule has 0 aromatic carbocycles. The Bertz CT molecular complexity index is 324. The number of nitrogens with one attached hydrogen (secondary N) is 2. The van der Waals surface area contributed by atoms with E-state index < -0.39 is 0 Å². The molecule has 1 saturated heterocycles. The van der Waals surface area contributed by atoms with Crippen LogP contribution < -0.4 is 10.6 Å². The van der Waals surface area contributed by atoms with Crippen LogP contribution in [0.5, 0.6) is 0 Å². The Morgan fingerprint density at radius 1 is 1.33 bits per heavy atom. The molecule has 4 heteroatoms. The summed E-state index contributed by atoms with van der Waals surface area (Å²) in [6.45, 7) is 4.74. The molecule has 1 aliphatic heterocycles. The van der Waals surface area contributed by atoms with Crippen LogP contribution in [0.2, 0.25) is 0 Å². The zero-order valence-electron chi connectivity index (χ0n) is 11.1. The smallest absolute Gasteiger partial charge is 0.237 e. The summed E-state index contributed by atoms with van der Waals surface area (Å²) in [7, 11) is 0. The second-order valence-electron chi connectivity index (χ2n) is 5.43. The van der Waals surface area contributed by atoms with Gasteiger partial charge >= 0.3 is 0 Å². The van der Waals surface area contributed by atoms with E-state index in [-0.39, 0.29) is 11.9 Å². The molecule has 2 aliphatic rings. The van der Waals surface area contributed by atoms with Gasteiger partial charge in [0.25, 0.3) is 0 Å². The number of hydrogen-bond acceptors (Lipinski definition) is 3. The van der Waals surface area contributed by atoms with Crippen molar-refractivity contribution < 1.29 is 4.79 Å². The highest BCUT2D eigenvalue weighted by atomic mass is 16.2. The lowest BCUT2D eigenvalue weighted by Crippen LogP contribution is -2.50. The summed E-state index contributed by atoms with van der Waals surface area (Å²) >= 11 is 0. The molecule has 0 aromatic rings. The average molecular weight is 249 g/mol. The van der Waals surface area contributed by atoms with E-state index in [1.165, 1.54) is 0 Å². The van der Waals surface area contributed by atoms with Crippen molar-refractivity contribution in [3.63, 3.8) is 0 Å². The lowest BCUT2D eigenvalue weighted by molar-refractivity contribution is -0.123. The molecule has 1 atom stereocenters. The van der Waals surface area contributed by atoms with E-state index in [0.29, 0.717) is 12.1 Å². The fourth-order valence-corrected chi connectivity index (χ4v) is 2.37. The van der Waals surface area contributed by atoms with Crippen molar-refractivity contribution in [1.82, 2.24) is 15.5 Å². The Balaban J connectivity index is 1.67. The Labute approximate surface area is 109 Å². The zero-order chi connectivity index (χ0) is 13.0. The van der Waals surface area contributed by atoms with Gasteiger partial charge in [-0.3, -0.25) is 9.69 Å². The molecule has 1 unspecified atom stereocenters. The van der Waals surface area contributed by atoms with Gasteiger partial charge in [0.1, 0.15) is 0 Å².